The van der Waals surface area contributed by atoms with Crippen LogP contribution in [0, 0.1) is 6.92 Å². The molecule has 0 unspecified atom stereocenters. The molecule has 94 valence electrons. The molecule has 0 aliphatic rings. The largest absolute Gasteiger partial charge is 0.494 e. The molecule has 0 aliphatic carbocycles. The minimum Gasteiger partial charge on any atom is -0.494 e. The SMILES string of the molecule is CCOc1cccc(C(=O)Nc2cc(C)on2)c1. The average molecular weight is 246 g/mol. The summed E-state index contributed by atoms with van der Waals surface area (Å²) in [5.41, 5.74) is 0.515. The van der Waals surface area contributed by atoms with Crippen LogP contribution in [0.2, 0.25) is 0 Å². The summed E-state index contributed by atoms with van der Waals surface area (Å²) in [5, 5.41) is 6.35. The molecule has 2 rings (SSSR count). The lowest BCUT2D eigenvalue weighted by atomic mass is 10.2. The first kappa shape index (κ1) is 12.2. The van der Waals surface area contributed by atoms with Crippen molar-refractivity contribution in [2.24, 2.45) is 0 Å². The van der Waals surface area contributed by atoms with E-state index in [1.54, 1.807) is 37.3 Å². The number of aryl methyl sites for hydroxylation is 1. The van der Waals surface area contributed by atoms with Gasteiger partial charge in [0.1, 0.15) is 11.5 Å². The smallest absolute Gasteiger partial charge is 0.257 e. The number of hydrogen-bond donors (Lipinski definition) is 1. The molecule has 0 saturated heterocycles. The summed E-state index contributed by atoms with van der Waals surface area (Å²) < 4.78 is 10.2. The maximum atomic E-state index is 11.9. The standard InChI is InChI=1S/C13H14N2O3/c1-3-17-11-6-4-5-10(8-11)13(16)14-12-7-9(2)18-15-12/h4-8H,3H2,1-2H3,(H,14,15,16). The molecule has 0 fully saturated rings. The number of aromatic nitrogens is 1. The van der Waals surface area contributed by atoms with E-state index in [4.69, 9.17) is 9.26 Å². The molecular weight excluding hydrogens is 232 g/mol. The minimum absolute atomic E-state index is 0.246. The molecule has 1 aromatic carbocycles. The van der Waals surface area contributed by atoms with Crippen molar-refractivity contribution in [3.05, 3.63) is 41.7 Å². The first-order valence-electron chi connectivity index (χ1n) is 5.66. The highest BCUT2D eigenvalue weighted by atomic mass is 16.5. The van der Waals surface area contributed by atoms with E-state index < -0.39 is 0 Å². The van der Waals surface area contributed by atoms with Crippen molar-refractivity contribution < 1.29 is 14.1 Å². The average Bonchev–Trinajstić information content (AvgIpc) is 2.75. The van der Waals surface area contributed by atoms with Gasteiger partial charge in [0.25, 0.3) is 5.91 Å². The van der Waals surface area contributed by atoms with Crippen molar-refractivity contribution >= 4 is 11.7 Å². The molecule has 1 aromatic heterocycles. The van der Waals surface area contributed by atoms with Gasteiger partial charge in [0.15, 0.2) is 5.82 Å². The van der Waals surface area contributed by atoms with E-state index in [1.165, 1.54) is 0 Å². The van der Waals surface area contributed by atoms with Gasteiger partial charge in [0, 0.05) is 11.6 Å². The molecule has 0 saturated carbocycles. The zero-order chi connectivity index (χ0) is 13.0. The zero-order valence-electron chi connectivity index (χ0n) is 10.3. The summed E-state index contributed by atoms with van der Waals surface area (Å²) in [6, 6.07) is 8.63. The monoisotopic (exact) mass is 246 g/mol. The van der Waals surface area contributed by atoms with Crippen molar-refractivity contribution in [1.29, 1.82) is 0 Å². The number of carbonyl (C=O) groups excluding carboxylic acids is 1. The van der Waals surface area contributed by atoms with Gasteiger partial charge < -0.3 is 14.6 Å². The lowest BCUT2D eigenvalue weighted by Gasteiger charge is -2.05. The van der Waals surface area contributed by atoms with Crippen LogP contribution in [-0.4, -0.2) is 17.7 Å². The minimum atomic E-state index is -0.246. The van der Waals surface area contributed by atoms with Crippen LogP contribution in [0.5, 0.6) is 5.75 Å². The topological polar surface area (TPSA) is 64.4 Å². The second kappa shape index (κ2) is 5.35. The third kappa shape index (κ3) is 2.88. The maximum absolute atomic E-state index is 11.9. The number of anilines is 1. The Morgan fingerprint density at radius 2 is 2.28 bits per heavy atom. The van der Waals surface area contributed by atoms with Crippen LogP contribution >= 0.6 is 0 Å². The van der Waals surface area contributed by atoms with E-state index in [0.29, 0.717) is 29.5 Å². The van der Waals surface area contributed by atoms with Gasteiger partial charge in [-0.25, -0.2) is 0 Å². The summed E-state index contributed by atoms with van der Waals surface area (Å²) >= 11 is 0. The van der Waals surface area contributed by atoms with Crippen LogP contribution in [0.4, 0.5) is 5.82 Å². The van der Waals surface area contributed by atoms with Gasteiger partial charge in [-0.05, 0) is 32.0 Å². The Hall–Kier alpha value is -2.30. The molecular formula is C13H14N2O3. The second-order valence-electron chi connectivity index (χ2n) is 3.74. The van der Waals surface area contributed by atoms with Crippen LogP contribution in [0.15, 0.2) is 34.9 Å². The van der Waals surface area contributed by atoms with Gasteiger partial charge in [-0.2, -0.15) is 0 Å². The highest BCUT2D eigenvalue weighted by Gasteiger charge is 2.09. The lowest BCUT2D eigenvalue weighted by molar-refractivity contribution is 0.102. The van der Waals surface area contributed by atoms with E-state index in [9.17, 15) is 4.79 Å². The number of nitrogens with one attached hydrogen (secondary N) is 1. The highest BCUT2D eigenvalue weighted by molar-refractivity contribution is 6.03. The van der Waals surface area contributed by atoms with Crippen molar-refractivity contribution in [3.63, 3.8) is 0 Å². The number of carbonyl (C=O) groups is 1. The van der Waals surface area contributed by atoms with E-state index in [0.717, 1.165) is 0 Å². The van der Waals surface area contributed by atoms with E-state index in [1.807, 2.05) is 6.92 Å². The quantitative estimate of drug-likeness (QED) is 0.900. The first-order valence-corrected chi connectivity index (χ1v) is 5.66. The van der Waals surface area contributed by atoms with E-state index in [-0.39, 0.29) is 5.91 Å². The highest BCUT2D eigenvalue weighted by Crippen LogP contribution is 2.15. The Morgan fingerprint density at radius 3 is 2.94 bits per heavy atom. The van der Waals surface area contributed by atoms with Crippen LogP contribution in [0.25, 0.3) is 0 Å². The van der Waals surface area contributed by atoms with Gasteiger partial charge in [-0.3, -0.25) is 4.79 Å². The molecule has 1 N–H and O–H groups in total. The summed E-state index contributed by atoms with van der Waals surface area (Å²) in [6.07, 6.45) is 0. The third-order valence-electron chi connectivity index (χ3n) is 2.28. The van der Waals surface area contributed by atoms with Crippen LogP contribution < -0.4 is 10.1 Å². The molecule has 18 heavy (non-hydrogen) atoms. The molecule has 0 spiro atoms. The van der Waals surface area contributed by atoms with E-state index in [2.05, 4.69) is 10.5 Å². The Kier molecular flexibility index (Phi) is 3.62. The predicted molar refractivity (Wildman–Crippen MR) is 66.8 cm³/mol. The van der Waals surface area contributed by atoms with Crippen LogP contribution in [0.3, 0.4) is 0 Å². The molecule has 0 aliphatic heterocycles. The molecule has 1 amide bonds. The number of ether oxygens (including phenoxy) is 1. The number of benzene rings is 1. The Labute approximate surface area is 105 Å². The summed E-state index contributed by atoms with van der Waals surface area (Å²) in [6.45, 7) is 4.22. The van der Waals surface area contributed by atoms with Gasteiger partial charge in [0.2, 0.25) is 0 Å². The molecule has 5 nitrogen and oxygen atoms in total. The number of nitrogens with zero attached hydrogens (tertiary/aromatic N) is 1. The summed E-state index contributed by atoms with van der Waals surface area (Å²) in [7, 11) is 0. The maximum Gasteiger partial charge on any atom is 0.257 e. The van der Waals surface area contributed by atoms with E-state index >= 15 is 0 Å². The molecule has 0 radical (unpaired) electrons. The lowest BCUT2D eigenvalue weighted by Crippen LogP contribution is -2.12. The predicted octanol–water partition coefficient (Wildman–Crippen LogP) is 2.63. The number of rotatable bonds is 4. The third-order valence-corrected chi connectivity index (χ3v) is 2.28. The Balaban J connectivity index is 2.11. The fourth-order valence-corrected chi connectivity index (χ4v) is 1.51. The van der Waals surface area contributed by atoms with Gasteiger partial charge in [-0.1, -0.05) is 11.2 Å². The van der Waals surface area contributed by atoms with Crippen molar-refractivity contribution in [2.45, 2.75) is 13.8 Å². The normalized spacial score (nSPS) is 10.1. The molecule has 2 aromatic rings. The molecule has 5 heteroatoms. The van der Waals surface area contributed by atoms with Crippen LogP contribution in [-0.2, 0) is 0 Å². The van der Waals surface area contributed by atoms with Gasteiger partial charge in [0.05, 0.1) is 6.61 Å². The fourth-order valence-electron chi connectivity index (χ4n) is 1.51. The Bertz CT molecular complexity index is 549. The second-order valence-corrected chi connectivity index (χ2v) is 3.74. The fraction of sp³-hybridized carbons (Fsp3) is 0.231. The summed E-state index contributed by atoms with van der Waals surface area (Å²) in [4.78, 5) is 11.9. The summed E-state index contributed by atoms with van der Waals surface area (Å²) in [5.74, 6) is 1.47. The zero-order valence-corrected chi connectivity index (χ0v) is 10.3. The number of hydrogen-bond acceptors (Lipinski definition) is 4. The number of amides is 1. The molecule has 0 bridgehead atoms. The molecule has 0 atom stereocenters. The first-order chi connectivity index (χ1) is 8.69. The van der Waals surface area contributed by atoms with Crippen molar-refractivity contribution in [1.82, 2.24) is 5.16 Å². The van der Waals surface area contributed by atoms with Crippen molar-refractivity contribution in [2.75, 3.05) is 11.9 Å². The van der Waals surface area contributed by atoms with Crippen LogP contribution in [0.1, 0.15) is 23.0 Å². The van der Waals surface area contributed by atoms with Gasteiger partial charge in [-0.15, -0.1) is 0 Å². The van der Waals surface area contributed by atoms with Crippen molar-refractivity contribution in [3.8, 4) is 5.75 Å². The van der Waals surface area contributed by atoms with Gasteiger partial charge >= 0.3 is 0 Å². The Morgan fingerprint density at radius 1 is 1.44 bits per heavy atom. The molecule has 1 heterocycles.